The number of H-pyrrole nitrogens is 1. The van der Waals surface area contributed by atoms with Gasteiger partial charge in [-0.3, -0.25) is 4.79 Å². The fourth-order valence-electron chi connectivity index (χ4n) is 0.421. The summed E-state index contributed by atoms with van der Waals surface area (Å²) in [6.07, 6.45) is 0. The number of hydrogen-bond donors (Lipinski definition) is 1. The third-order valence-electron chi connectivity index (χ3n) is 0.733. The molecule has 1 N–H and O–H groups in total. The van der Waals surface area contributed by atoms with E-state index in [0.717, 1.165) is 0 Å². The van der Waals surface area contributed by atoms with Gasteiger partial charge < -0.3 is 6.41 Å². The van der Waals surface area contributed by atoms with E-state index >= 15 is 0 Å². The van der Waals surface area contributed by atoms with Crippen LogP contribution in [-0.4, -0.2) is 4.98 Å². The fraction of sp³-hybridized carbons (Fsp3) is 0. The van der Waals surface area contributed by atoms with Crippen molar-refractivity contribution < 1.29 is 52.8 Å². The molecule has 0 spiro atoms. The van der Waals surface area contributed by atoms with E-state index in [2.05, 4.69) is 4.98 Å². The summed E-state index contributed by atoms with van der Waals surface area (Å²) in [4.78, 5) is 12.7. The van der Waals surface area contributed by atoms with Crippen molar-refractivity contribution in [1.82, 2.24) is 4.98 Å². The van der Waals surface area contributed by atoms with Gasteiger partial charge in [0.05, 0.1) is 0 Å². The molecule has 4 heteroatoms. The zero-order valence-corrected chi connectivity index (χ0v) is 8.90. The van der Waals surface area contributed by atoms with Crippen molar-refractivity contribution in [3.05, 3.63) is 33.7 Å². The minimum Gasteiger partial charge on any atom is -1.00 e. The minimum absolute atomic E-state index is 0. The van der Waals surface area contributed by atoms with Crippen molar-refractivity contribution in [2.24, 2.45) is 0 Å². The summed E-state index contributed by atoms with van der Waals surface area (Å²) in [7, 11) is 0. The molecule has 1 rings (SSSR count). The number of pyridine rings is 1. The standard InChI is InChI=1S/C5H4ClNO.K.H/c6-4-2-1-3-5(8)7-4;;/h1-3H,(H,7,8);;/q;+1;-1. The van der Waals surface area contributed by atoms with Gasteiger partial charge >= 0.3 is 51.4 Å². The molecule has 0 bridgehead atoms. The van der Waals surface area contributed by atoms with Gasteiger partial charge in [-0.05, 0) is 6.07 Å². The first-order valence-corrected chi connectivity index (χ1v) is 2.52. The number of halogens is 1. The molecule has 1 aromatic rings. The number of rotatable bonds is 0. The summed E-state index contributed by atoms with van der Waals surface area (Å²) in [5.74, 6) is 0. The number of aromatic amines is 1. The van der Waals surface area contributed by atoms with Gasteiger partial charge in [-0.25, -0.2) is 0 Å². The molecule has 2 nitrogen and oxygen atoms in total. The fourth-order valence-corrected chi connectivity index (χ4v) is 0.587. The van der Waals surface area contributed by atoms with Crippen LogP contribution in [0.15, 0.2) is 23.0 Å². The number of hydrogen-bond acceptors (Lipinski definition) is 1. The van der Waals surface area contributed by atoms with E-state index in [1.165, 1.54) is 6.07 Å². The monoisotopic (exact) mass is 169 g/mol. The molecule has 0 atom stereocenters. The van der Waals surface area contributed by atoms with Crippen molar-refractivity contribution in [2.75, 3.05) is 0 Å². The van der Waals surface area contributed by atoms with Gasteiger partial charge in [-0.2, -0.15) is 0 Å². The average Bonchev–Trinajstić information content (AvgIpc) is 1.64. The van der Waals surface area contributed by atoms with E-state index in [1.807, 2.05) is 0 Å². The second kappa shape index (κ2) is 4.65. The van der Waals surface area contributed by atoms with E-state index in [-0.39, 0.29) is 58.4 Å². The second-order valence-electron chi connectivity index (χ2n) is 1.36. The van der Waals surface area contributed by atoms with E-state index in [4.69, 9.17) is 11.6 Å². The molecule has 1 heterocycles. The summed E-state index contributed by atoms with van der Waals surface area (Å²) in [6.45, 7) is 0. The van der Waals surface area contributed by atoms with Crippen LogP contribution in [0, 0.1) is 0 Å². The SMILES string of the molecule is O=c1cccc(Cl)[nH]1.[H-].[K+]. The molecule has 0 saturated carbocycles. The first-order valence-electron chi connectivity index (χ1n) is 2.14. The van der Waals surface area contributed by atoms with E-state index in [0.29, 0.717) is 5.15 Å². The Morgan fingerprint density at radius 3 is 2.56 bits per heavy atom. The first-order chi connectivity index (χ1) is 3.79. The second-order valence-corrected chi connectivity index (χ2v) is 1.77. The van der Waals surface area contributed by atoms with Crippen molar-refractivity contribution in [2.45, 2.75) is 0 Å². The third kappa shape index (κ3) is 3.55. The van der Waals surface area contributed by atoms with Crippen LogP contribution in [0.4, 0.5) is 0 Å². The minimum atomic E-state index is -0.169. The van der Waals surface area contributed by atoms with E-state index in [1.54, 1.807) is 12.1 Å². The molecule has 0 aliphatic heterocycles. The Hall–Kier alpha value is 0.876. The van der Waals surface area contributed by atoms with Crippen LogP contribution in [0.3, 0.4) is 0 Å². The Kier molecular flexibility index (Phi) is 5.11. The Morgan fingerprint density at radius 2 is 2.22 bits per heavy atom. The molecule has 0 aliphatic rings. The molecule has 9 heavy (non-hydrogen) atoms. The van der Waals surface area contributed by atoms with Gasteiger partial charge in [-0.15, -0.1) is 0 Å². The predicted octanol–water partition coefficient (Wildman–Crippen LogP) is -1.86. The molecular formula is C5H5ClKNO. The van der Waals surface area contributed by atoms with Crippen LogP contribution in [-0.2, 0) is 0 Å². The van der Waals surface area contributed by atoms with Crippen molar-refractivity contribution in [3.8, 4) is 0 Å². The quantitative estimate of drug-likeness (QED) is 0.359. The maximum Gasteiger partial charge on any atom is 1.00 e. The van der Waals surface area contributed by atoms with Crippen molar-refractivity contribution in [3.63, 3.8) is 0 Å². The van der Waals surface area contributed by atoms with Crippen LogP contribution >= 0.6 is 11.6 Å². The van der Waals surface area contributed by atoms with Gasteiger partial charge in [0, 0.05) is 6.07 Å². The predicted molar refractivity (Wildman–Crippen MR) is 33.2 cm³/mol. The zero-order chi connectivity index (χ0) is 5.98. The van der Waals surface area contributed by atoms with Gasteiger partial charge in [0.15, 0.2) is 0 Å². The molecule has 0 fully saturated rings. The smallest absolute Gasteiger partial charge is 1.00 e. The Balaban J connectivity index is 0. The molecule has 0 saturated heterocycles. The maximum absolute atomic E-state index is 10.4. The van der Waals surface area contributed by atoms with E-state index in [9.17, 15) is 4.79 Å². The summed E-state index contributed by atoms with van der Waals surface area (Å²) in [6, 6.07) is 4.62. The van der Waals surface area contributed by atoms with Gasteiger partial charge in [0.1, 0.15) is 5.15 Å². The maximum atomic E-state index is 10.4. The third-order valence-corrected chi connectivity index (χ3v) is 0.953. The Morgan fingerprint density at radius 1 is 1.56 bits per heavy atom. The van der Waals surface area contributed by atoms with Crippen molar-refractivity contribution >= 4 is 11.6 Å². The Bertz CT molecular complexity index is 239. The van der Waals surface area contributed by atoms with E-state index < -0.39 is 0 Å². The molecular weight excluding hydrogens is 165 g/mol. The Labute approximate surface area is 102 Å². The zero-order valence-electron chi connectivity index (χ0n) is 6.02. The first kappa shape index (κ1) is 9.88. The van der Waals surface area contributed by atoms with Gasteiger partial charge in [-0.1, -0.05) is 17.7 Å². The van der Waals surface area contributed by atoms with Crippen LogP contribution in [0.1, 0.15) is 1.43 Å². The van der Waals surface area contributed by atoms with Gasteiger partial charge in [0.25, 0.3) is 0 Å². The average molecular weight is 170 g/mol. The molecule has 0 aromatic carbocycles. The molecule has 0 amide bonds. The largest absolute Gasteiger partial charge is 1.00 e. The molecule has 0 radical (unpaired) electrons. The summed E-state index contributed by atoms with van der Waals surface area (Å²) in [5, 5.41) is 0.373. The van der Waals surface area contributed by atoms with Crippen LogP contribution in [0.5, 0.6) is 0 Å². The summed E-state index contributed by atoms with van der Waals surface area (Å²) < 4.78 is 0. The van der Waals surface area contributed by atoms with Crippen LogP contribution in [0.25, 0.3) is 0 Å². The molecule has 44 valence electrons. The van der Waals surface area contributed by atoms with Crippen molar-refractivity contribution in [1.29, 1.82) is 0 Å². The molecule has 0 unspecified atom stereocenters. The summed E-state index contributed by atoms with van der Waals surface area (Å²) >= 11 is 5.39. The topological polar surface area (TPSA) is 32.9 Å². The normalized spacial score (nSPS) is 8.11. The van der Waals surface area contributed by atoms with Crippen LogP contribution < -0.4 is 56.9 Å². The number of nitrogens with one attached hydrogen (secondary N) is 1. The van der Waals surface area contributed by atoms with Gasteiger partial charge in [0.2, 0.25) is 5.56 Å². The molecule has 0 aliphatic carbocycles. The number of aromatic nitrogens is 1. The van der Waals surface area contributed by atoms with Crippen LogP contribution in [0.2, 0.25) is 5.15 Å². The molecule has 1 aromatic heterocycles. The summed E-state index contributed by atoms with van der Waals surface area (Å²) in [5.41, 5.74) is -0.169.